The van der Waals surface area contributed by atoms with Crippen molar-refractivity contribution in [3.8, 4) is 5.69 Å². The van der Waals surface area contributed by atoms with Crippen molar-refractivity contribution in [1.82, 2.24) is 25.2 Å². The molecule has 2 amide bonds. The standard InChI is InChI=1S/C16H21N5O2/c1-12(17-16(23)20-8-7-13(9-20)11-22)15-10-21(19-18-15)14-5-3-2-4-6-14/h2-6,10,12-13,22H,7-9,11H2,1H3,(H,17,23). The minimum Gasteiger partial charge on any atom is -0.396 e. The third kappa shape index (κ3) is 3.50. The molecule has 1 aromatic heterocycles. The van der Waals surface area contributed by atoms with E-state index in [0.717, 1.165) is 12.1 Å². The summed E-state index contributed by atoms with van der Waals surface area (Å²) >= 11 is 0. The molecule has 7 nitrogen and oxygen atoms in total. The lowest BCUT2D eigenvalue weighted by Gasteiger charge is -2.19. The number of benzene rings is 1. The predicted octanol–water partition coefficient (Wildman–Crippen LogP) is 1.35. The number of nitrogens with one attached hydrogen (secondary N) is 1. The van der Waals surface area contributed by atoms with Crippen LogP contribution in [-0.2, 0) is 0 Å². The van der Waals surface area contributed by atoms with Crippen LogP contribution in [0.4, 0.5) is 4.79 Å². The molecule has 2 unspecified atom stereocenters. The highest BCUT2D eigenvalue weighted by molar-refractivity contribution is 5.74. The Hall–Kier alpha value is -2.41. The van der Waals surface area contributed by atoms with Gasteiger partial charge in [-0.3, -0.25) is 0 Å². The van der Waals surface area contributed by atoms with Crippen LogP contribution in [0.5, 0.6) is 0 Å². The Balaban J connectivity index is 1.61. The van der Waals surface area contributed by atoms with Crippen molar-refractivity contribution in [2.24, 2.45) is 5.92 Å². The van der Waals surface area contributed by atoms with E-state index in [1.54, 1.807) is 9.58 Å². The van der Waals surface area contributed by atoms with Crippen LogP contribution < -0.4 is 5.32 Å². The molecule has 23 heavy (non-hydrogen) atoms. The molecule has 0 aliphatic carbocycles. The summed E-state index contributed by atoms with van der Waals surface area (Å²) in [5.74, 6) is 0.190. The average Bonchev–Trinajstić information content (AvgIpc) is 3.25. The number of aromatic nitrogens is 3. The molecule has 1 saturated heterocycles. The van der Waals surface area contributed by atoms with Crippen molar-refractivity contribution in [1.29, 1.82) is 0 Å². The van der Waals surface area contributed by atoms with Crippen LogP contribution in [0.2, 0.25) is 0 Å². The molecule has 2 aromatic rings. The van der Waals surface area contributed by atoms with Gasteiger partial charge in [0.1, 0.15) is 5.69 Å². The molecule has 1 aliphatic rings. The minimum absolute atomic E-state index is 0.122. The Morgan fingerprint density at radius 2 is 2.22 bits per heavy atom. The van der Waals surface area contributed by atoms with Crippen molar-refractivity contribution in [3.05, 3.63) is 42.2 Å². The van der Waals surface area contributed by atoms with Crippen LogP contribution >= 0.6 is 0 Å². The number of hydrogen-bond acceptors (Lipinski definition) is 4. The van der Waals surface area contributed by atoms with Gasteiger partial charge in [-0.1, -0.05) is 23.4 Å². The van der Waals surface area contributed by atoms with Crippen molar-refractivity contribution in [3.63, 3.8) is 0 Å². The Labute approximate surface area is 134 Å². The molecular weight excluding hydrogens is 294 g/mol. The molecule has 7 heteroatoms. The molecule has 3 rings (SSSR count). The zero-order chi connectivity index (χ0) is 16.2. The number of rotatable bonds is 4. The first-order valence-corrected chi connectivity index (χ1v) is 7.81. The van der Waals surface area contributed by atoms with Gasteiger partial charge in [0.25, 0.3) is 0 Å². The van der Waals surface area contributed by atoms with Crippen molar-refractivity contribution in [2.75, 3.05) is 19.7 Å². The van der Waals surface area contributed by atoms with Gasteiger partial charge in [-0.05, 0) is 25.5 Å². The van der Waals surface area contributed by atoms with E-state index < -0.39 is 0 Å². The number of urea groups is 1. The second-order valence-electron chi connectivity index (χ2n) is 5.88. The third-order valence-electron chi connectivity index (χ3n) is 4.15. The normalized spacial score (nSPS) is 18.9. The monoisotopic (exact) mass is 315 g/mol. The van der Waals surface area contributed by atoms with Crippen LogP contribution in [0.25, 0.3) is 5.69 Å². The van der Waals surface area contributed by atoms with Gasteiger partial charge in [-0.15, -0.1) is 5.10 Å². The molecule has 2 atom stereocenters. The summed E-state index contributed by atoms with van der Waals surface area (Å²) in [4.78, 5) is 14.0. The number of carbonyl (C=O) groups excluding carboxylic acids is 1. The summed E-state index contributed by atoms with van der Waals surface area (Å²) in [6.45, 7) is 3.30. The number of aliphatic hydroxyl groups excluding tert-OH is 1. The molecule has 2 heterocycles. The molecule has 122 valence electrons. The maximum atomic E-state index is 12.2. The Morgan fingerprint density at radius 3 is 2.91 bits per heavy atom. The Morgan fingerprint density at radius 1 is 1.43 bits per heavy atom. The maximum Gasteiger partial charge on any atom is 0.317 e. The first-order valence-electron chi connectivity index (χ1n) is 7.81. The van der Waals surface area contributed by atoms with Crippen molar-refractivity contribution < 1.29 is 9.90 Å². The number of amides is 2. The fourth-order valence-corrected chi connectivity index (χ4v) is 2.70. The summed E-state index contributed by atoms with van der Waals surface area (Å²) in [6.07, 6.45) is 2.67. The molecule has 0 spiro atoms. The fourth-order valence-electron chi connectivity index (χ4n) is 2.70. The van der Waals surface area contributed by atoms with Gasteiger partial charge in [-0.25, -0.2) is 9.48 Å². The molecule has 1 fully saturated rings. The van der Waals surface area contributed by atoms with Crippen LogP contribution in [0, 0.1) is 5.92 Å². The Kier molecular flexibility index (Phi) is 4.57. The van der Waals surface area contributed by atoms with E-state index in [2.05, 4.69) is 15.6 Å². The molecule has 0 bridgehead atoms. The molecule has 1 aliphatic heterocycles. The second kappa shape index (κ2) is 6.78. The summed E-state index contributed by atoms with van der Waals surface area (Å²) < 4.78 is 1.69. The van der Waals surface area contributed by atoms with E-state index >= 15 is 0 Å². The zero-order valence-electron chi connectivity index (χ0n) is 13.1. The maximum absolute atomic E-state index is 12.2. The molecular formula is C16H21N5O2. The molecule has 0 radical (unpaired) electrons. The van der Waals surface area contributed by atoms with Crippen LogP contribution in [0.15, 0.2) is 36.5 Å². The van der Waals surface area contributed by atoms with Gasteiger partial charge in [0.15, 0.2) is 0 Å². The smallest absolute Gasteiger partial charge is 0.317 e. The van der Waals surface area contributed by atoms with Crippen molar-refractivity contribution >= 4 is 6.03 Å². The first kappa shape index (κ1) is 15.5. The first-order chi connectivity index (χ1) is 11.2. The molecule has 1 aromatic carbocycles. The van der Waals surface area contributed by atoms with Gasteiger partial charge >= 0.3 is 6.03 Å². The van der Waals surface area contributed by atoms with E-state index in [1.807, 2.05) is 43.5 Å². The topological polar surface area (TPSA) is 83.3 Å². The van der Waals surface area contributed by atoms with Gasteiger partial charge in [-0.2, -0.15) is 0 Å². The van der Waals surface area contributed by atoms with Gasteiger partial charge in [0, 0.05) is 25.6 Å². The lowest BCUT2D eigenvalue weighted by Crippen LogP contribution is -2.40. The fraction of sp³-hybridized carbons (Fsp3) is 0.438. The van der Waals surface area contributed by atoms with Crippen LogP contribution in [0.3, 0.4) is 0 Å². The van der Waals surface area contributed by atoms with Crippen LogP contribution in [0.1, 0.15) is 25.1 Å². The predicted molar refractivity (Wildman–Crippen MR) is 85.1 cm³/mol. The number of para-hydroxylation sites is 1. The van der Waals surface area contributed by atoms with Crippen molar-refractivity contribution in [2.45, 2.75) is 19.4 Å². The number of aliphatic hydroxyl groups is 1. The highest BCUT2D eigenvalue weighted by atomic mass is 16.3. The molecule has 0 saturated carbocycles. The SMILES string of the molecule is CC(NC(=O)N1CCC(CO)C1)c1cn(-c2ccccc2)nn1. The summed E-state index contributed by atoms with van der Waals surface area (Å²) in [6, 6.07) is 9.36. The molecule has 2 N–H and O–H groups in total. The van der Waals surface area contributed by atoms with Crippen LogP contribution in [-0.4, -0.2) is 50.7 Å². The lowest BCUT2D eigenvalue weighted by molar-refractivity contribution is 0.195. The number of carbonyl (C=O) groups is 1. The van der Waals surface area contributed by atoms with E-state index in [-0.39, 0.29) is 24.6 Å². The summed E-state index contributed by atoms with van der Waals surface area (Å²) in [5.41, 5.74) is 1.63. The number of likely N-dealkylation sites (tertiary alicyclic amines) is 1. The number of nitrogens with zero attached hydrogens (tertiary/aromatic N) is 4. The van der Waals surface area contributed by atoms with Gasteiger partial charge in [0.05, 0.1) is 17.9 Å². The Bertz CT molecular complexity index is 658. The van der Waals surface area contributed by atoms with Gasteiger partial charge < -0.3 is 15.3 Å². The minimum atomic E-state index is -0.229. The zero-order valence-corrected chi connectivity index (χ0v) is 13.1. The highest BCUT2D eigenvalue weighted by Gasteiger charge is 2.26. The number of hydrogen-bond donors (Lipinski definition) is 2. The van der Waals surface area contributed by atoms with E-state index in [4.69, 9.17) is 5.11 Å². The summed E-state index contributed by atoms with van der Waals surface area (Å²) in [7, 11) is 0. The lowest BCUT2D eigenvalue weighted by atomic mass is 10.1. The highest BCUT2D eigenvalue weighted by Crippen LogP contribution is 2.17. The van der Waals surface area contributed by atoms with E-state index in [9.17, 15) is 4.79 Å². The second-order valence-corrected chi connectivity index (χ2v) is 5.88. The van der Waals surface area contributed by atoms with Gasteiger partial charge in [0.2, 0.25) is 0 Å². The summed E-state index contributed by atoms with van der Waals surface area (Å²) in [5, 5.41) is 20.3. The quantitative estimate of drug-likeness (QED) is 0.892. The largest absolute Gasteiger partial charge is 0.396 e. The third-order valence-corrected chi connectivity index (χ3v) is 4.15. The average molecular weight is 315 g/mol. The van der Waals surface area contributed by atoms with E-state index in [0.29, 0.717) is 18.8 Å². The van der Waals surface area contributed by atoms with E-state index in [1.165, 1.54) is 0 Å².